The molecule has 0 radical (unpaired) electrons. The third-order valence-corrected chi connectivity index (χ3v) is 4.08. The van der Waals surface area contributed by atoms with Crippen molar-refractivity contribution >= 4 is 29.2 Å². The SMILES string of the molecule is C[C@@H](OC(=O)c1cccc(Cl)c1Cl)c1nnc(-c2ccccc2)o1. The summed E-state index contributed by atoms with van der Waals surface area (Å²) in [6.45, 7) is 1.64. The van der Waals surface area contributed by atoms with Gasteiger partial charge in [-0.25, -0.2) is 4.79 Å². The van der Waals surface area contributed by atoms with Crippen molar-refractivity contribution in [3.05, 3.63) is 70.0 Å². The monoisotopic (exact) mass is 362 g/mol. The molecule has 5 nitrogen and oxygen atoms in total. The second-order valence-corrected chi connectivity index (χ2v) is 5.75. The minimum atomic E-state index is -0.725. The molecule has 0 saturated carbocycles. The predicted octanol–water partition coefficient (Wildman–Crippen LogP) is 4.96. The summed E-state index contributed by atoms with van der Waals surface area (Å²) in [6.07, 6.45) is -0.725. The largest absolute Gasteiger partial charge is 0.449 e. The molecule has 0 unspecified atom stereocenters. The Kier molecular flexibility index (Phi) is 4.83. The molecule has 0 fully saturated rings. The smallest absolute Gasteiger partial charge is 0.340 e. The van der Waals surface area contributed by atoms with E-state index in [-0.39, 0.29) is 21.5 Å². The highest BCUT2D eigenvalue weighted by Crippen LogP contribution is 2.28. The number of esters is 1. The second-order valence-electron chi connectivity index (χ2n) is 4.96. The van der Waals surface area contributed by atoms with Crippen molar-refractivity contribution < 1.29 is 13.9 Å². The molecule has 0 bridgehead atoms. The zero-order valence-electron chi connectivity index (χ0n) is 12.6. The Balaban J connectivity index is 1.76. The lowest BCUT2D eigenvalue weighted by molar-refractivity contribution is 0.0280. The normalized spacial score (nSPS) is 12.0. The van der Waals surface area contributed by atoms with Crippen molar-refractivity contribution in [3.63, 3.8) is 0 Å². The maximum atomic E-state index is 12.2. The van der Waals surface area contributed by atoms with Crippen molar-refractivity contribution in [3.8, 4) is 11.5 Å². The fourth-order valence-corrected chi connectivity index (χ4v) is 2.41. The first-order valence-corrected chi connectivity index (χ1v) is 7.85. The lowest BCUT2D eigenvalue weighted by Crippen LogP contribution is -2.10. The average Bonchev–Trinajstić information content (AvgIpc) is 3.08. The van der Waals surface area contributed by atoms with E-state index in [2.05, 4.69) is 10.2 Å². The third-order valence-electron chi connectivity index (χ3n) is 3.26. The van der Waals surface area contributed by atoms with Crippen LogP contribution in [0.25, 0.3) is 11.5 Å². The van der Waals surface area contributed by atoms with E-state index in [0.717, 1.165) is 5.56 Å². The number of nitrogens with zero attached hydrogens (tertiary/aromatic N) is 2. The molecule has 1 aromatic heterocycles. The molecule has 122 valence electrons. The summed E-state index contributed by atoms with van der Waals surface area (Å²) in [4.78, 5) is 12.2. The van der Waals surface area contributed by atoms with E-state index < -0.39 is 12.1 Å². The molecule has 0 amide bonds. The number of aromatic nitrogens is 2. The fraction of sp³-hybridized carbons (Fsp3) is 0.118. The molecule has 24 heavy (non-hydrogen) atoms. The Bertz CT molecular complexity index is 865. The van der Waals surface area contributed by atoms with Crippen molar-refractivity contribution in [2.75, 3.05) is 0 Å². The highest BCUT2D eigenvalue weighted by molar-refractivity contribution is 6.43. The minimum Gasteiger partial charge on any atom is -0.449 e. The molecule has 0 aliphatic heterocycles. The van der Waals surface area contributed by atoms with Crippen molar-refractivity contribution in [2.24, 2.45) is 0 Å². The highest BCUT2D eigenvalue weighted by atomic mass is 35.5. The summed E-state index contributed by atoms with van der Waals surface area (Å²) >= 11 is 11.9. The Morgan fingerprint density at radius 2 is 1.83 bits per heavy atom. The molecular weight excluding hydrogens is 351 g/mol. The number of ether oxygens (including phenoxy) is 1. The van der Waals surface area contributed by atoms with Gasteiger partial charge in [-0.15, -0.1) is 10.2 Å². The van der Waals surface area contributed by atoms with E-state index >= 15 is 0 Å². The topological polar surface area (TPSA) is 65.2 Å². The van der Waals surface area contributed by atoms with Crippen LogP contribution in [0, 0.1) is 0 Å². The van der Waals surface area contributed by atoms with Crippen molar-refractivity contribution in [1.29, 1.82) is 0 Å². The van der Waals surface area contributed by atoms with Crippen LogP contribution in [0.1, 0.15) is 29.3 Å². The molecule has 0 N–H and O–H groups in total. The molecule has 3 rings (SSSR count). The Morgan fingerprint density at radius 1 is 1.08 bits per heavy atom. The van der Waals surface area contributed by atoms with Gasteiger partial charge in [0.15, 0.2) is 6.10 Å². The highest BCUT2D eigenvalue weighted by Gasteiger charge is 2.22. The zero-order chi connectivity index (χ0) is 17.1. The first-order chi connectivity index (χ1) is 11.6. The average molecular weight is 363 g/mol. The first-order valence-electron chi connectivity index (χ1n) is 7.10. The summed E-state index contributed by atoms with van der Waals surface area (Å²) < 4.78 is 10.9. The molecule has 2 aromatic carbocycles. The third kappa shape index (κ3) is 3.42. The van der Waals surface area contributed by atoms with Gasteiger partial charge in [0, 0.05) is 5.56 Å². The Labute approximate surface area is 148 Å². The summed E-state index contributed by atoms with van der Waals surface area (Å²) in [7, 11) is 0. The van der Waals surface area contributed by atoms with Gasteiger partial charge in [0.2, 0.25) is 5.89 Å². The van der Waals surface area contributed by atoms with Crippen LogP contribution in [0.15, 0.2) is 52.9 Å². The van der Waals surface area contributed by atoms with Crippen molar-refractivity contribution in [2.45, 2.75) is 13.0 Å². The molecule has 1 heterocycles. The maximum absolute atomic E-state index is 12.2. The molecule has 7 heteroatoms. The van der Waals surface area contributed by atoms with Crippen LogP contribution in [-0.4, -0.2) is 16.2 Å². The molecular formula is C17H12Cl2N2O3. The van der Waals surface area contributed by atoms with Crippen LogP contribution in [0.2, 0.25) is 10.0 Å². The van der Waals surface area contributed by atoms with E-state index in [1.54, 1.807) is 19.1 Å². The van der Waals surface area contributed by atoms with E-state index in [4.69, 9.17) is 32.4 Å². The quantitative estimate of drug-likeness (QED) is 0.613. The van der Waals surface area contributed by atoms with Gasteiger partial charge in [-0.05, 0) is 31.2 Å². The number of hydrogen-bond donors (Lipinski definition) is 0. The van der Waals surface area contributed by atoms with Gasteiger partial charge in [-0.3, -0.25) is 0 Å². The molecule has 3 aromatic rings. The van der Waals surface area contributed by atoms with Crippen LogP contribution in [-0.2, 0) is 4.74 Å². The Morgan fingerprint density at radius 3 is 2.58 bits per heavy atom. The zero-order valence-corrected chi connectivity index (χ0v) is 14.1. The van der Waals surface area contributed by atoms with Gasteiger partial charge >= 0.3 is 5.97 Å². The number of carbonyl (C=O) groups excluding carboxylic acids is 1. The van der Waals surface area contributed by atoms with Crippen LogP contribution in [0.3, 0.4) is 0 Å². The second kappa shape index (κ2) is 7.03. The standard InChI is InChI=1S/C17H12Cl2N2O3/c1-10(23-17(22)12-8-5-9-13(18)14(12)19)15-20-21-16(24-15)11-6-3-2-4-7-11/h2-10H,1H3/t10-/m1/s1. The van der Waals surface area contributed by atoms with E-state index in [1.807, 2.05) is 30.3 Å². The number of benzene rings is 2. The summed E-state index contributed by atoms with van der Waals surface area (Å²) in [6, 6.07) is 14.1. The number of halogens is 2. The van der Waals surface area contributed by atoms with Crippen LogP contribution >= 0.6 is 23.2 Å². The van der Waals surface area contributed by atoms with Gasteiger partial charge in [0.1, 0.15) is 0 Å². The summed E-state index contributed by atoms with van der Waals surface area (Å²) in [5, 5.41) is 8.32. The molecule has 1 atom stereocenters. The molecule has 0 saturated heterocycles. The number of carbonyl (C=O) groups is 1. The van der Waals surface area contributed by atoms with E-state index in [0.29, 0.717) is 5.89 Å². The lowest BCUT2D eigenvalue weighted by atomic mass is 10.2. The molecule has 0 aliphatic rings. The predicted molar refractivity (Wildman–Crippen MR) is 90.0 cm³/mol. The van der Waals surface area contributed by atoms with E-state index in [9.17, 15) is 4.79 Å². The minimum absolute atomic E-state index is 0.145. The van der Waals surface area contributed by atoms with Gasteiger partial charge in [-0.1, -0.05) is 47.5 Å². The van der Waals surface area contributed by atoms with Crippen LogP contribution in [0.5, 0.6) is 0 Å². The summed E-state index contributed by atoms with van der Waals surface area (Å²) in [5.41, 5.74) is 0.964. The number of rotatable bonds is 4. The maximum Gasteiger partial charge on any atom is 0.340 e. The van der Waals surface area contributed by atoms with Gasteiger partial charge < -0.3 is 9.15 Å². The van der Waals surface area contributed by atoms with Gasteiger partial charge in [-0.2, -0.15) is 0 Å². The fourth-order valence-electron chi connectivity index (χ4n) is 2.03. The van der Waals surface area contributed by atoms with E-state index in [1.165, 1.54) is 6.07 Å². The Hall–Kier alpha value is -2.37. The molecule has 0 aliphatic carbocycles. The lowest BCUT2D eigenvalue weighted by Gasteiger charge is -2.10. The van der Waals surface area contributed by atoms with Gasteiger partial charge in [0.05, 0.1) is 15.6 Å². The van der Waals surface area contributed by atoms with Crippen molar-refractivity contribution in [1.82, 2.24) is 10.2 Å². The first kappa shape index (κ1) is 16.5. The van der Waals surface area contributed by atoms with Crippen LogP contribution < -0.4 is 0 Å². The number of hydrogen-bond acceptors (Lipinski definition) is 5. The summed E-state index contributed by atoms with van der Waals surface area (Å²) in [5.74, 6) is -0.0656. The molecule has 0 spiro atoms. The van der Waals surface area contributed by atoms with Gasteiger partial charge in [0.25, 0.3) is 5.89 Å². The van der Waals surface area contributed by atoms with Crippen LogP contribution in [0.4, 0.5) is 0 Å².